The lowest BCUT2D eigenvalue weighted by Gasteiger charge is -2.12. The van der Waals surface area contributed by atoms with E-state index in [1.54, 1.807) is 33.6 Å². The van der Waals surface area contributed by atoms with Crippen LogP contribution in [0.5, 0.6) is 5.75 Å². The van der Waals surface area contributed by atoms with Crippen LogP contribution >= 0.6 is 23.4 Å². The monoisotopic (exact) mass is 497 g/mol. The van der Waals surface area contributed by atoms with Gasteiger partial charge in [-0.3, -0.25) is 18.8 Å². The van der Waals surface area contributed by atoms with Crippen LogP contribution in [0.4, 0.5) is 5.69 Å². The smallest absolute Gasteiger partial charge is 0.282 e. The number of thioether (sulfide) groups is 1. The topological polar surface area (TPSA) is 91.0 Å². The number of benzene rings is 2. The summed E-state index contributed by atoms with van der Waals surface area (Å²) in [5.41, 5.74) is 3.25. The van der Waals surface area contributed by atoms with Crippen molar-refractivity contribution in [2.24, 2.45) is 0 Å². The first-order valence-corrected chi connectivity index (χ1v) is 12.0. The van der Waals surface area contributed by atoms with Gasteiger partial charge in [0.25, 0.3) is 5.56 Å². The maximum absolute atomic E-state index is 13.3. The number of amides is 1. The zero-order valence-corrected chi connectivity index (χ0v) is 20.6. The van der Waals surface area contributed by atoms with E-state index in [1.807, 2.05) is 38.1 Å². The number of rotatable bonds is 8. The van der Waals surface area contributed by atoms with E-state index in [0.717, 1.165) is 11.1 Å². The highest BCUT2D eigenvalue weighted by atomic mass is 35.5. The fraction of sp³-hybridized carbons (Fsp3) is 0.250. The number of carbonyl (C=O) groups excluding carboxylic acids is 1. The Morgan fingerprint density at radius 1 is 1.21 bits per heavy atom. The van der Waals surface area contributed by atoms with E-state index in [2.05, 4.69) is 15.4 Å². The predicted octanol–water partition coefficient (Wildman–Crippen LogP) is 4.36. The molecule has 0 fully saturated rings. The van der Waals surface area contributed by atoms with Crippen molar-refractivity contribution in [1.29, 1.82) is 0 Å². The Morgan fingerprint density at radius 2 is 1.97 bits per heavy atom. The van der Waals surface area contributed by atoms with E-state index in [9.17, 15) is 9.59 Å². The van der Waals surface area contributed by atoms with Crippen molar-refractivity contribution in [3.8, 4) is 5.75 Å². The molecule has 0 bridgehead atoms. The van der Waals surface area contributed by atoms with Crippen molar-refractivity contribution in [1.82, 2.24) is 19.3 Å². The number of hydrogen-bond donors (Lipinski definition) is 1. The van der Waals surface area contributed by atoms with Crippen molar-refractivity contribution in [3.63, 3.8) is 0 Å². The zero-order chi connectivity index (χ0) is 24.2. The number of methoxy groups -OCH3 is 1. The Labute approximate surface area is 205 Å². The van der Waals surface area contributed by atoms with Crippen molar-refractivity contribution in [2.75, 3.05) is 18.2 Å². The molecule has 10 heteroatoms. The molecule has 0 aliphatic carbocycles. The Balaban J connectivity index is 1.59. The molecule has 0 radical (unpaired) electrons. The van der Waals surface area contributed by atoms with Crippen LogP contribution in [0, 0.1) is 6.92 Å². The van der Waals surface area contributed by atoms with Crippen LogP contribution in [0.2, 0.25) is 5.02 Å². The third-order valence-electron chi connectivity index (χ3n) is 5.19. The highest BCUT2D eigenvalue weighted by Gasteiger charge is 2.17. The van der Waals surface area contributed by atoms with Crippen LogP contribution < -0.4 is 15.6 Å². The first-order valence-electron chi connectivity index (χ1n) is 10.7. The minimum atomic E-state index is -0.244. The highest BCUT2D eigenvalue weighted by molar-refractivity contribution is 7.99. The number of halogens is 1. The zero-order valence-electron chi connectivity index (χ0n) is 19.0. The number of carbonyl (C=O) groups is 1. The first kappa shape index (κ1) is 23.8. The fourth-order valence-corrected chi connectivity index (χ4v) is 4.44. The Bertz CT molecular complexity index is 1400. The van der Waals surface area contributed by atoms with Gasteiger partial charge in [-0.05, 0) is 37.6 Å². The minimum Gasteiger partial charge on any atom is -0.495 e. The van der Waals surface area contributed by atoms with Gasteiger partial charge in [0.2, 0.25) is 5.91 Å². The molecular formula is C24H24ClN5O3S. The predicted molar refractivity (Wildman–Crippen MR) is 135 cm³/mol. The minimum absolute atomic E-state index is 0.0669. The molecule has 0 saturated heterocycles. The molecule has 0 spiro atoms. The summed E-state index contributed by atoms with van der Waals surface area (Å²) in [6, 6.07) is 13.0. The number of aromatic nitrogens is 4. The van der Waals surface area contributed by atoms with E-state index in [0.29, 0.717) is 45.7 Å². The van der Waals surface area contributed by atoms with Crippen molar-refractivity contribution in [3.05, 3.63) is 75.2 Å². The maximum atomic E-state index is 13.3. The fourth-order valence-electron chi connectivity index (χ4n) is 3.38. The summed E-state index contributed by atoms with van der Waals surface area (Å²) in [6.07, 6.45) is 1.75. The number of aryl methyl sites for hydroxylation is 2. The largest absolute Gasteiger partial charge is 0.495 e. The summed E-state index contributed by atoms with van der Waals surface area (Å²) in [5.74, 6) is 0.350. The number of hydrogen-bond acceptors (Lipinski definition) is 6. The van der Waals surface area contributed by atoms with Gasteiger partial charge in [-0.15, -0.1) is 0 Å². The van der Waals surface area contributed by atoms with Crippen LogP contribution in [0.1, 0.15) is 18.1 Å². The van der Waals surface area contributed by atoms with E-state index >= 15 is 0 Å². The number of nitrogens with zero attached hydrogens (tertiary/aromatic N) is 4. The van der Waals surface area contributed by atoms with Gasteiger partial charge in [0.05, 0.1) is 30.6 Å². The van der Waals surface area contributed by atoms with Crippen LogP contribution in [0.25, 0.3) is 11.0 Å². The summed E-state index contributed by atoms with van der Waals surface area (Å²) >= 11 is 7.34. The van der Waals surface area contributed by atoms with Gasteiger partial charge in [-0.1, -0.05) is 53.2 Å². The van der Waals surface area contributed by atoms with Gasteiger partial charge in [0, 0.05) is 12.2 Å². The van der Waals surface area contributed by atoms with Gasteiger partial charge >= 0.3 is 0 Å². The Kier molecular flexibility index (Phi) is 7.23. The van der Waals surface area contributed by atoms with Gasteiger partial charge in [-0.2, -0.15) is 5.10 Å². The molecule has 8 nitrogen and oxygen atoms in total. The summed E-state index contributed by atoms with van der Waals surface area (Å²) in [6.45, 7) is 4.92. The number of ether oxygens (including phenoxy) is 1. The second-order valence-electron chi connectivity index (χ2n) is 7.68. The molecular weight excluding hydrogens is 474 g/mol. The van der Waals surface area contributed by atoms with Gasteiger partial charge in [-0.25, -0.2) is 4.98 Å². The number of fused-ring (bicyclic) bond motifs is 1. The van der Waals surface area contributed by atoms with Crippen molar-refractivity contribution >= 4 is 46.0 Å². The lowest BCUT2D eigenvalue weighted by Crippen LogP contribution is -2.25. The first-order chi connectivity index (χ1) is 16.4. The quantitative estimate of drug-likeness (QED) is 0.287. The summed E-state index contributed by atoms with van der Waals surface area (Å²) in [7, 11) is 1.53. The molecule has 0 aliphatic heterocycles. The lowest BCUT2D eigenvalue weighted by molar-refractivity contribution is -0.113. The molecule has 4 aromatic rings. The molecule has 34 heavy (non-hydrogen) atoms. The number of nitrogens with one attached hydrogen (secondary N) is 1. The molecule has 2 aromatic carbocycles. The van der Waals surface area contributed by atoms with Crippen LogP contribution in [-0.4, -0.2) is 38.1 Å². The summed E-state index contributed by atoms with van der Waals surface area (Å²) in [4.78, 5) is 30.6. The third kappa shape index (κ3) is 5.26. The van der Waals surface area contributed by atoms with Crippen molar-refractivity contribution in [2.45, 2.75) is 32.1 Å². The Hall–Kier alpha value is -3.30. The Morgan fingerprint density at radius 3 is 2.65 bits per heavy atom. The molecule has 2 aromatic heterocycles. The standard InChI is InChI=1S/C24H24ClN5O3S/c1-4-29-13-19-22(28-29)23(32)30(12-16-7-5-15(2)6-8-16)24(27-19)34-14-21(31)26-17-9-10-20(33-3)18(25)11-17/h5-11,13H,4,12,14H2,1-3H3,(H,26,31). The molecule has 4 rings (SSSR count). The second kappa shape index (κ2) is 10.3. The summed E-state index contributed by atoms with van der Waals surface area (Å²) < 4.78 is 8.39. The summed E-state index contributed by atoms with van der Waals surface area (Å²) in [5, 5.41) is 8.04. The molecule has 176 valence electrons. The van der Waals surface area contributed by atoms with E-state index in [1.165, 1.54) is 18.9 Å². The molecule has 0 aliphatic rings. The average molecular weight is 498 g/mol. The lowest BCUT2D eigenvalue weighted by atomic mass is 10.1. The molecule has 0 unspecified atom stereocenters. The maximum Gasteiger partial charge on any atom is 0.282 e. The third-order valence-corrected chi connectivity index (χ3v) is 6.46. The normalized spacial score (nSPS) is 11.1. The van der Waals surface area contributed by atoms with Crippen LogP contribution in [-0.2, 0) is 17.9 Å². The van der Waals surface area contributed by atoms with Crippen LogP contribution in [0.3, 0.4) is 0 Å². The van der Waals surface area contributed by atoms with Crippen LogP contribution in [0.15, 0.2) is 58.6 Å². The SMILES string of the molecule is CCn1cc2nc(SCC(=O)Nc3ccc(OC)c(Cl)c3)n(Cc3ccc(C)cc3)c(=O)c2n1. The van der Waals surface area contributed by atoms with Gasteiger partial charge in [0.1, 0.15) is 11.3 Å². The molecule has 2 heterocycles. The second-order valence-corrected chi connectivity index (χ2v) is 9.03. The van der Waals surface area contributed by atoms with Gasteiger partial charge in [0.15, 0.2) is 10.7 Å². The van der Waals surface area contributed by atoms with E-state index in [-0.39, 0.29) is 17.2 Å². The van der Waals surface area contributed by atoms with Gasteiger partial charge < -0.3 is 10.1 Å². The molecule has 0 atom stereocenters. The van der Waals surface area contributed by atoms with Crippen molar-refractivity contribution < 1.29 is 9.53 Å². The number of anilines is 1. The highest BCUT2D eigenvalue weighted by Crippen LogP contribution is 2.27. The van der Waals surface area contributed by atoms with E-state index in [4.69, 9.17) is 16.3 Å². The molecule has 1 N–H and O–H groups in total. The average Bonchev–Trinajstić information content (AvgIpc) is 3.25. The molecule has 0 saturated carbocycles. The van der Waals surface area contributed by atoms with E-state index < -0.39 is 0 Å². The molecule has 1 amide bonds.